The van der Waals surface area contributed by atoms with Crippen LogP contribution in [0.1, 0.15) is 20.3 Å². The summed E-state index contributed by atoms with van der Waals surface area (Å²) < 4.78 is 19.2. The van der Waals surface area contributed by atoms with Crippen LogP contribution in [0, 0.1) is 5.41 Å². The van der Waals surface area contributed by atoms with Crippen LogP contribution in [0.15, 0.2) is 28.2 Å². The highest BCUT2D eigenvalue weighted by atomic mass is 19.1. The first-order valence-corrected chi connectivity index (χ1v) is 7.97. The first-order chi connectivity index (χ1) is 11.8. The number of nitrogens with zero attached hydrogens (tertiary/aromatic N) is 2. The minimum Gasteiger partial charge on any atom is -0.414 e. The highest BCUT2D eigenvalue weighted by Gasteiger charge is 2.32. The standard InChI is InChI=1S/C16H28FN5O3/c1-10(25-20-4)8-13(18)11(2)15(19-3)21-14-6-7-22(9-12(14)17)16(23)24-5/h8,12,14,16,18,20-21,23H,3,6-7,9H2,1-2,4-5H3/b10-8+,15-11+,18-13?/t12-,14+,16?/m1/s1. The maximum Gasteiger partial charge on any atom is 0.215 e. The zero-order valence-electron chi connectivity index (χ0n) is 15.2. The van der Waals surface area contributed by atoms with Crippen LogP contribution in [0.4, 0.5) is 4.39 Å². The van der Waals surface area contributed by atoms with Crippen LogP contribution in [0.25, 0.3) is 0 Å². The minimum atomic E-state index is -1.22. The summed E-state index contributed by atoms with van der Waals surface area (Å²) in [7, 11) is 2.99. The lowest BCUT2D eigenvalue weighted by molar-refractivity contribution is -0.188. The quantitative estimate of drug-likeness (QED) is 0.212. The number of rotatable bonds is 9. The fraction of sp³-hybridized carbons (Fsp3) is 0.625. The predicted molar refractivity (Wildman–Crippen MR) is 94.9 cm³/mol. The van der Waals surface area contributed by atoms with Gasteiger partial charge < -0.3 is 25.4 Å². The number of aliphatic imine (C=N–C) groups is 1. The van der Waals surface area contributed by atoms with Crippen molar-refractivity contribution in [3.63, 3.8) is 0 Å². The van der Waals surface area contributed by atoms with Crippen molar-refractivity contribution in [1.29, 1.82) is 5.41 Å². The molecule has 1 aliphatic rings. The number of ether oxygens (including phenoxy) is 1. The second-order valence-electron chi connectivity index (χ2n) is 5.72. The van der Waals surface area contributed by atoms with E-state index in [1.54, 1.807) is 20.9 Å². The van der Waals surface area contributed by atoms with Gasteiger partial charge in [0.15, 0.2) is 0 Å². The van der Waals surface area contributed by atoms with Crippen molar-refractivity contribution in [2.45, 2.75) is 38.9 Å². The number of piperidine rings is 1. The number of hydrogen-bond acceptors (Lipinski definition) is 8. The molecular weight excluding hydrogens is 329 g/mol. The summed E-state index contributed by atoms with van der Waals surface area (Å²) in [6, 6.07) is -0.484. The van der Waals surface area contributed by atoms with Gasteiger partial charge in [-0.2, -0.15) is 5.48 Å². The Morgan fingerprint density at radius 3 is 2.72 bits per heavy atom. The molecule has 0 aromatic heterocycles. The Labute approximate surface area is 147 Å². The molecule has 142 valence electrons. The van der Waals surface area contributed by atoms with E-state index in [0.29, 0.717) is 30.1 Å². The zero-order chi connectivity index (χ0) is 19.0. The first-order valence-electron chi connectivity index (χ1n) is 7.97. The van der Waals surface area contributed by atoms with E-state index < -0.39 is 18.6 Å². The van der Waals surface area contributed by atoms with Crippen molar-refractivity contribution in [2.75, 3.05) is 27.2 Å². The molecule has 1 rings (SSSR count). The Hall–Kier alpha value is -1.81. The number of aliphatic hydroxyl groups excluding tert-OH is 1. The number of allylic oxidation sites excluding steroid dienone is 3. The highest BCUT2D eigenvalue weighted by molar-refractivity contribution is 6.06. The summed E-state index contributed by atoms with van der Waals surface area (Å²) in [5, 5.41) is 20.7. The lowest BCUT2D eigenvalue weighted by atomic mass is 10.0. The molecule has 0 spiro atoms. The van der Waals surface area contributed by atoms with Crippen LogP contribution in [0.2, 0.25) is 0 Å². The molecule has 9 heteroatoms. The van der Waals surface area contributed by atoms with Gasteiger partial charge in [0, 0.05) is 38.9 Å². The van der Waals surface area contributed by atoms with E-state index in [-0.39, 0.29) is 12.3 Å². The van der Waals surface area contributed by atoms with Crippen LogP contribution >= 0.6 is 0 Å². The first kappa shape index (κ1) is 21.2. The number of hydroxylamine groups is 1. The number of hydrogen-bond donors (Lipinski definition) is 4. The molecule has 8 nitrogen and oxygen atoms in total. The number of methoxy groups -OCH3 is 1. The Morgan fingerprint density at radius 1 is 1.52 bits per heavy atom. The number of nitrogens with one attached hydrogen (secondary N) is 3. The smallest absolute Gasteiger partial charge is 0.215 e. The van der Waals surface area contributed by atoms with Crippen LogP contribution in [-0.2, 0) is 9.57 Å². The molecule has 1 fully saturated rings. The Bertz CT molecular complexity index is 538. The molecule has 4 N–H and O–H groups in total. The predicted octanol–water partition coefficient (Wildman–Crippen LogP) is 0.917. The number of aliphatic hydroxyl groups is 1. The van der Waals surface area contributed by atoms with Gasteiger partial charge in [-0.05, 0) is 27.0 Å². The van der Waals surface area contributed by atoms with Gasteiger partial charge in [-0.25, -0.2) is 9.38 Å². The van der Waals surface area contributed by atoms with Crippen molar-refractivity contribution in [3.8, 4) is 0 Å². The van der Waals surface area contributed by atoms with Gasteiger partial charge >= 0.3 is 0 Å². The monoisotopic (exact) mass is 357 g/mol. The molecule has 0 aliphatic carbocycles. The van der Waals surface area contributed by atoms with Gasteiger partial charge in [0.25, 0.3) is 0 Å². The third-order valence-electron chi connectivity index (χ3n) is 3.95. The second-order valence-corrected chi connectivity index (χ2v) is 5.72. The molecule has 0 aromatic carbocycles. The Morgan fingerprint density at radius 2 is 2.20 bits per heavy atom. The highest BCUT2D eigenvalue weighted by Crippen LogP contribution is 2.18. The molecule has 0 radical (unpaired) electrons. The Balaban J connectivity index is 2.79. The molecule has 25 heavy (non-hydrogen) atoms. The van der Waals surface area contributed by atoms with E-state index >= 15 is 0 Å². The SMILES string of the molecule is C=N/C(N[C@H]1CCN(C(O)OC)C[C@H]1F)=C(/C)C(=N)/C=C(\C)ONC. The fourth-order valence-corrected chi connectivity index (χ4v) is 2.52. The van der Waals surface area contributed by atoms with Crippen molar-refractivity contribution >= 4 is 12.4 Å². The summed E-state index contributed by atoms with van der Waals surface area (Å²) in [5.74, 6) is 0.868. The largest absolute Gasteiger partial charge is 0.414 e. The van der Waals surface area contributed by atoms with Crippen molar-refractivity contribution in [1.82, 2.24) is 15.7 Å². The van der Waals surface area contributed by atoms with Crippen LogP contribution in [0.5, 0.6) is 0 Å². The zero-order valence-corrected chi connectivity index (χ0v) is 15.2. The van der Waals surface area contributed by atoms with E-state index in [2.05, 4.69) is 22.5 Å². The van der Waals surface area contributed by atoms with Gasteiger partial charge in [0.1, 0.15) is 17.8 Å². The molecule has 1 saturated heterocycles. The molecule has 3 atom stereocenters. The fourth-order valence-electron chi connectivity index (χ4n) is 2.52. The van der Waals surface area contributed by atoms with E-state index in [0.717, 1.165) is 0 Å². The molecule has 1 heterocycles. The van der Waals surface area contributed by atoms with Gasteiger partial charge in [0.05, 0.1) is 11.8 Å². The minimum absolute atomic E-state index is 0.0443. The number of halogens is 1. The van der Waals surface area contributed by atoms with E-state index in [1.165, 1.54) is 18.1 Å². The molecule has 0 bridgehead atoms. The topological polar surface area (TPSA) is 102 Å². The third-order valence-corrected chi connectivity index (χ3v) is 3.95. The number of alkyl halides is 1. The molecular formula is C16H28FN5O3. The average Bonchev–Trinajstić information content (AvgIpc) is 2.59. The summed E-state index contributed by atoms with van der Waals surface area (Å²) >= 11 is 0. The number of likely N-dealkylation sites (tertiary alicyclic amines) is 1. The maximum atomic E-state index is 14.4. The Kier molecular flexibility index (Phi) is 8.70. The normalized spacial score (nSPS) is 24.3. The van der Waals surface area contributed by atoms with Crippen molar-refractivity contribution in [2.24, 2.45) is 4.99 Å². The van der Waals surface area contributed by atoms with Gasteiger partial charge in [-0.1, -0.05) is 0 Å². The third kappa shape index (κ3) is 6.20. The maximum absolute atomic E-state index is 14.4. The van der Waals surface area contributed by atoms with Crippen LogP contribution in [0.3, 0.4) is 0 Å². The summed E-state index contributed by atoms with van der Waals surface area (Å²) in [5.41, 5.74) is 3.24. The van der Waals surface area contributed by atoms with E-state index in [1.807, 2.05) is 0 Å². The van der Waals surface area contributed by atoms with E-state index in [4.69, 9.17) is 15.0 Å². The molecule has 0 amide bonds. The lowest BCUT2D eigenvalue weighted by Crippen LogP contribution is -2.53. The van der Waals surface area contributed by atoms with Crippen LogP contribution in [-0.4, -0.2) is 68.3 Å². The van der Waals surface area contributed by atoms with Gasteiger partial charge in [0.2, 0.25) is 6.41 Å². The summed E-state index contributed by atoms with van der Waals surface area (Å²) in [6.07, 6.45) is -0.341. The van der Waals surface area contributed by atoms with E-state index in [9.17, 15) is 9.50 Å². The van der Waals surface area contributed by atoms with Crippen LogP contribution < -0.4 is 10.8 Å². The summed E-state index contributed by atoms with van der Waals surface area (Å²) in [4.78, 5) is 10.5. The van der Waals surface area contributed by atoms with Crippen molar-refractivity contribution in [3.05, 3.63) is 23.2 Å². The molecule has 0 aromatic rings. The lowest BCUT2D eigenvalue weighted by Gasteiger charge is -2.37. The second kappa shape index (κ2) is 10.2. The van der Waals surface area contributed by atoms with Crippen molar-refractivity contribution < 1.29 is 19.1 Å². The summed E-state index contributed by atoms with van der Waals surface area (Å²) in [6.45, 7) is 7.44. The van der Waals surface area contributed by atoms with Gasteiger partial charge in [-0.3, -0.25) is 4.90 Å². The molecule has 1 aliphatic heterocycles. The molecule has 1 unspecified atom stereocenters. The average molecular weight is 357 g/mol. The molecule has 0 saturated carbocycles. The van der Waals surface area contributed by atoms with Gasteiger partial charge in [-0.15, -0.1) is 0 Å².